The molecule has 3 aromatic rings. The number of carbonyl (C=O) groups excluding carboxylic acids is 1. The van der Waals surface area contributed by atoms with Crippen molar-refractivity contribution in [1.82, 2.24) is 4.57 Å². The molecule has 0 aliphatic carbocycles. The van der Waals surface area contributed by atoms with E-state index < -0.39 is 0 Å². The number of carbonyl (C=O) groups is 1. The third-order valence-electron chi connectivity index (χ3n) is 4.70. The summed E-state index contributed by atoms with van der Waals surface area (Å²) in [6.45, 7) is 2.10. The van der Waals surface area contributed by atoms with Gasteiger partial charge in [0, 0.05) is 28.2 Å². The van der Waals surface area contributed by atoms with Gasteiger partial charge in [-0.1, -0.05) is 18.2 Å². The van der Waals surface area contributed by atoms with Crippen LogP contribution in [0.15, 0.2) is 58.4 Å². The molecule has 4 rings (SSSR count). The fraction of sp³-hybridized carbons (Fsp3) is 0.200. The van der Waals surface area contributed by atoms with Gasteiger partial charge in [0.25, 0.3) is 5.91 Å². The number of aromatic nitrogens is 1. The maximum atomic E-state index is 12.8. The number of pyridine rings is 1. The number of thioether (sulfide) groups is 1. The summed E-state index contributed by atoms with van der Waals surface area (Å²) in [7, 11) is 0. The predicted molar refractivity (Wildman–Crippen MR) is 103 cm³/mol. The van der Waals surface area contributed by atoms with Crippen LogP contribution in [0.4, 0.5) is 5.69 Å². The molecule has 0 saturated carbocycles. The predicted octanol–water partition coefficient (Wildman–Crippen LogP) is 4.09. The second kappa shape index (κ2) is 6.08. The summed E-state index contributed by atoms with van der Waals surface area (Å²) in [4.78, 5) is 26.6. The van der Waals surface area contributed by atoms with Crippen LogP contribution in [0, 0.1) is 0 Å². The molecule has 0 fully saturated rings. The number of hydrogen-bond donors (Lipinski definition) is 1. The van der Waals surface area contributed by atoms with Gasteiger partial charge in [-0.25, -0.2) is 0 Å². The van der Waals surface area contributed by atoms with E-state index in [4.69, 9.17) is 0 Å². The van der Waals surface area contributed by atoms with Crippen molar-refractivity contribution in [1.29, 1.82) is 0 Å². The van der Waals surface area contributed by atoms with Crippen LogP contribution in [-0.2, 0) is 6.42 Å². The molecule has 25 heavy (non-hydrogen) atoms. The molecule has 4 nitrogen and oxygen atoms in total. The molecule has 1 atom stereocenters. The van der Waals surface area contributed by atoms with Crippen molar-refractivity contribution in [2.45, 2.75) is 24.3 Å². The van der Waals surface area contributed by atoms with E-state index in [1.54, 1.807) is 24.0 Å². The van der Waals surface area contributed by atoms with Gasteiger partial charge in [0.15, 0.2) is 0 Å². The van der Waals surface area contributed by atoms with Crippen LogP contribution in [0.2, 0.25) is 0 Å². The third-order valence-corrected chi connectivity index (χ3v) is 5.42. The first-order valence-corrected chi connectivity index (χ1v) is 9.43. The minimum atomic E-state index is -0.363. The molecule has 1 N–H and O–H groups in total. The van der Waals surface area contributed by atoms with Gasteiger partial charge in [-0.3, -0.25) is 9.59 Å². The summed E-state index contributed by atoms with van der Waals surface area (Å²) < 4.78 is 2.05. The van der Waals surface area contributed by atoms with E-state index in [1.165, 1.54) is 5.56 Å². The smallest absolute Gasteiger partial charge is 0.261 e. The first-order valence-electron chi connectivity index (χ1n) is 8.20. The Bertz CT molecular complexity index is 1060. The minimum Gasteiger partial charge on any atom is -0.343 e. The SMILES string of the molecule is CSc1cccc(NC(=O)c2cn3c4c(cccc4c2=O)CC3C)c1. The molecule has 0 bridgehead atoms. The summed E-state index contributed by atoms with van der Waals surface area (Å²) in [6, 6.07) is 13.6. The highest BCUT2D eigenvalue weighted by Crippen LogP contribution is 2.31. The molecule has 5 heteroatoms. The molecule has 1 amide bonds. The Morgan fingerprint density at radius 1 is 1.24 bits per heavy atom. The van der Waals surface area contributed by atoms with Crippen LogP contribution in [-0.4, -0.2) is 16.7 Å². The quantitative estimate of drug-likeness (QED) is 0.724. The zero-order valence-electron chi connectivity index (χ0n) is 14.1. The van der Waals surface area contributed by atoms with E-state index in [0.29, 0.717) is 11.1 Å². The van der Waals surface area contributed by atoms with Gasteiger partial charge in [-0.2, -0.15) is 0 Å². The average Bonchev–Trinajstić information content (AvgIpc) is 2.94. The van der Waals surface area contributed by atoms with Gasteiger partial charge in [0.1, 0.15) is 5.56 Å². The summed E-state index contributed by atoms with van der Waals surface area (Å²) in [5, 5.41) is 3.47. The molecule has 1 unspecified atom stereocenters. The number of benzene rings is 2. The molecule has 0 spiro atoms. The van der Waals surface area contributed by atoms with Crippen LogP contribution in [0.25, 0.3) is 10.9 Å². The van der Waals surface area contributed by atoms with Crippen molar-refractivity contribution in [2.24, 2.45) is 0 Å². The van der Waals surface area contributed by atoms with Crippen molar-refractivity contribution in [3.05, 3.63) is 70.0 Å². The van der Waals surface area contributed by atoms with Gasteiger partial charge < -0.3 is 9.88 Å². The van der Waals surface area contributed by atoms with E-state index >= 15 is 0 Å². The lowest BCUT2D eigenvalue weighted by Crippen LogP contribution is -2.23. The monoisotopic (exact) mass is 350 g/mol. The summed E-state index contributed by atoms with van der Waals surface area (Å²) in [6.07, 6.45) is 4.58. The fourth-order valence-corrected chi connectivity index (χ4v) is 3.94. The van der Waals surface area contributed by atoms with Crippen molar-refractivity contribution >= 4 is 34.3 Å². The molecule has 0 saturated heterocycles. The zero-order valence-corrected chi connectivity index (χ0v) is 14.9. The van der Waals surface area contributed by atoms with Crippen LogP contribution >= 0.6 is 11.8 Å². The number of nitrogens with zero attached hydrogens (tertiary/aromatic N) is 1. The standard InChI is InChI=1S/C20H18N2O2S/c1-12-9-13-5-3-8-16-18(13)22(12)11-17(19(16)23)20(24)21-14-6-4-7-15(10-14)25-2/h3-8,10-12H,9H2,1-2H3,(H,21,24). The van der Waals surface area contributed by atoms with Crippen LogP contribution in [0.1, 0.15) is 28.9 Å². The fourth-order valence-electron chi connectivity index (χ4n) is 3.48. The van der Waals surface area contributed by atoms with Gasteiger partial charge in [-0.05, 0) is 49.4 Å². The molecular formula is C20H18N2O2S. The van der Waals surface area contributed by atoms with Gasteiger partial charge in [0.2, 0.25) is 5.43 Å². The largest absolute Gasteiger partial charge is 0.343 e. The van der Waals surface area contributed by atoms with Crippen molar-refractivity contribution < 1.29 is 4.79 Å². The molecule has 2 heterocycles. The third kappa shape index (κ3) is 2.65. The van der Waals surface area contributed by atoms with E-state index in [-0.39, 0.29) is 22.9 Å². The minimum absolute atomic E-state index is 0.188. The Labute approximate surface area is 149 Å². The van der Waals surface area contributed by atoms with E-state index in [2.05, 4.69) is 22.9 Å². The summed E-state index contributed by atoms with van der Waals surface area (Å²) in [5.74, 6) is -0.363. The highest BCUT2D eigenvalue weighted by Gasteiger charge is 2.24. The van der Waals surface area contributed by atoms with Gasteiger partial charge in [0.05, 0.1) is 5.52 Å². The average molecular weight is 350 g/mol. The Morgan fingerprint density at radius 3 is 2.84 bits per heavy atom. The van der Waals surface area contributed by atoms with Crippen LogP contribution in [0.3, 0.4) is 0 Å². The van der Waals surface area contributed by atoms with Crippen molar-refractivity contribution in [3.63, 3.8) is 0 Å². The molecule has 2 aromatic carbocycles. The van der Waals surface area contributed by atoms with Gasteiger partial charge in [-0.15, -0.1) is 11.8 Å². The number of hydrogen-bond acceptors (Lipinski definition) is 3. The lowest BCUT2D eigenvalue weighted by Gasteiger charge is -2.13. The topological polar surface area (TPSA) is 51.1 Å². The van der Waals surface area contributed by atoms with E-state index in [9.17, 15) is 9.59 Å². The normalized spacial score (nSPS) is 15.5. The molecular weight excluding hydrogens is 332 g/mol. The first kappa shape index (κ1) is 16.0. The highest BCUT2D eigenvalue weighted by molar-refractivity contribution is 7.98. The molecule has 126 valence electrons. The summed E-state index contributed by atoms with van der Waals surface area (Å²) in [5.41, 5.74) is 2.80. The Balaban J connectivity index is 1.79. The Hall–Kier alpha value is -2.53. The van der Waals surface area contributed by atoms with Crippen molar-refractivity contribution in [2.75, 3.05) is 11.6 Å². The number of anilines is 1. The maximum absolute atomic E-state index is 12.8. The second-order valence-electron chi connectivity index (χ2n) is 6.33. The Kier molecular flexibility index (Phi) is 3.88. The van der Waals surface area contributed by atoms with E-state index in [1.807, 2.05) is 36.6 Å². The Morgan fingerprint density at radius 2 is 2.04 bits per heavy atom. The van der Waals surface area contributed by atoms with Crippen LogP contribution in [0.5, 0.6) is 0 Å². The van der Waals surface area contributed by atoms with Gasteiger partial charge >= 0.3 is 0 Å². The molecule has 0 radical (unpaired) electrons. The lowest BCUT2D eigenvalue weighted by molar-refractivity contribution is 0.102. The van der Waals surface area contributed by atoms with Crippen LogP contribution < -0.4 is 10.7 Å². The number of para-hydroxylation sites is 1. The lowest BCUT2D eigenvalue weighted by atomic mass is 10.1. The number of amides is 1. The molecule has 1 aliphatic heterocycles. The maximum Gasteiger partial charge on any atom is 0.261 e. The zero-order chi connectivity index (χ0) is 17.6. The summed E-state index contributed by atoms with van der Waals surface area (Å²) >= 11 is 1.61. The first-order chi connectivity index (χ1) is 12.1. The van der Waals surface area contributed by atoms with E-state index in [0.717, 1.165) is 16.8 Å². The number of rotatable bonds is 3. The molecule has 1 aromatic heterocycles. The second-order valence-corrected chi connectivity index (χ2v) is 7.21. The number of nitrogens with one attached hydrogen (secondary N) is 1. The van der Waals surface area contributed by atoms with Crippen molar-refractivity contribution in [3.8, 4) is 0 Å². The highest BCUT2D eigenvalue weighted by atomic mass is 32.2. The molecule has 1 aliphatic rings.